The summed E-state index contributed by atoms with van der Waals surface area (Å²) < 4.78 is 1.50. The number of unbranched alkanes of at least 4 members (excludes halogenated alkanes) is 9. The van der Waals surface area contributed by atoms with Gasteiger partial charge in [-0.15, -0.1) is 0 Å². The van der Waals surface area contributed by atoms with Crippen LogP contribution in [0.15, 0.2) is 0 Å². The van der Waals surface area contributed by atoms with Crippen LogP contribution in [0.25, 0.3) is 0 Å². The molecule has 0 saturated carbocycles. The van der Waals surface area contributed by atoms with Crippen LogP contribution >= 0.6 is 0 Å². The van der Waals surface area contributed by atoms with Gasteiger partial charge in [0, 0.05) is 0 Å². The average Bonchev–Trinajstić information content (AvgIpc) is 2.16. The van der Waals surface area contributed by atoms with Crippen LogP contribution in [0.2, 0.25) is 4.44 Å². The van der Waals surface area contributed by atoms with Crippen molar-refractivity contribution in [1.29, 1.82) is 0 Å². The minimum absolute atomic E-state index is 1.38. The van der Waals surface area contributed by atoms with Crippen molar-refractivity contribution in [3.8, 4) is 0 Å². The van der Waals surface area contributed by atoms with Crippen molar-refractivity contribution in [1.82, 2.24) is 0 Å². The fourth-order valence-electron chi connectivity index (χ4n) is 1.63. The molecule has 0 spiro atoms. The van der Waals surface area contributed by atoms with Crippen LogP contribution in [-0.4, -0.2) is 22.5 Å². The maximum absolute atomic E-state index is 2.29. The van der Waals surface area contributed by atoms with Gasteiger partial charge in [-0.3, -0.25) is 0 Å². The number of hydrogen-bond donors (Lipinski definition) is 0. The minimum atomic E-state index is 1.38. The van der Waals surface area contributed by atoms with Crippen LogP contribution in [0, 0.1) is 0 Å². The summed E-state index contributed by atoms with van der Waals surface area (Å²) in [5.41, 5.74) is 0. The average molecular weight is 289 g/mol. The van der Waals surface area contributed by atoms with Gasteiger partial charge in [0.15, 0.2) is 0 Å². The van der Waals surface area contributed by atoms with Crippen LogP contribution < -0.4 is 0 Å². The molecule has 0 saturated heterocycles. The van der Waals surface area contributed by atoms with Crippen LogP contribution in [0.4, 0.5) is 0 Å². The molecule has 1 heteroatoms. The zero-order valence-corrected chi connectivity index (χ0v) is 12.7. The molecule has 0 aliphatic carbocycles. The van der Waals surface area contributed by atoms with E-state index < -0.39 is 0 Å². The van der Waals surface area contributed by atoms with E-state index in [4.69, 9.17) is 0 Å². The van der Waals surface area contributed by atoms with Gasteiger partial charge < -0.3 is 0 Å². The molecule has 0 unspecified atom stereocenters. The van der Waals surface area contributed by atoms with Crippen molar-refractivity contribution in [2.45, 2.75) is 75.6 Å². The Morgan fingerprint density at radius 3 is 1.38 bits per heavy atom. The summed E-state index contributed by atoms with van der Waals surface area (Å²) >= 11 is 1.47. The van der Waals surface area contributed by atoms with E-state index >= 15 is 0 Å². The molecule has 0 N–H and O–H groups in total. The fraction of sp³-hybridized carbons (Fsp3) is 1.00. The Bertz CT molecular complexity index is 71.2. The van der Waals surface area contributed by atoms with Gasteiger partial charge in [0.1, 0.15) is 0 Å². The molecule has 0 rings (SSSR count). The summed E-state index contributed by atoms with van der Waals surface area (Å²) in [4.78, 5) is 0. The summed E-state index contributed by atoms with van der Waals surface area (Å²) in [6.45, 7) is 2.29. The van der Waals surface area contributed by atoms with Crippen LogP contribution in [0.5, 0.6) is 0 Å². The molecule has 2 radical (unpaired) electrons. The molecular formula is C12H26Sn. The quantitative estimate of drug-likeness (QED) is 0.417. The molecule has 0 aliphatic heterocycles. The molecule has 0 aliphatic rings. The van der Waals surface area contributed by atoms with Crippen LogP contribution in [0.3, 0.4) is 0 Å². The molecular weight excluding hydrogens is 263 g/mol. The van der Waals surface area contributed by atoms with Crippen molar-refractivity contribution in [2.75, 3.05) is 0 Å². The van der Waals surface area contributed by atoms with Gasteiger partial charge in [-0.25, -0.2) is 0 Å². The van der Waals surface area contributed by atoms with Crippen molar-refractivity contribution in [3.05, 3.63) is 0 Å². The Kier molecular flexibility index (Phi) is 13.6. The molecule has 0 fully saturated rings. The molecule has 0 amide bonds. The normalized spacial score (nSPS) is 10.6. The van der Waals surface area contributed by atoms with Crippen molar-refractivity contribution in [3.63, 3.8) is 0 Å². The second kappa shape index (κ2) is 12.8. The number of hydrogen-bond acceptors (Lipinski definition) is 0. The third-order valence-corrected chi connectivity index (χ3v) is 3.72. The molecule has 0 nitrogen and oxygen atoms in total. The van der Waals surface area contributed by atoms with E-state index in [2.05, 4.69) is 6.92 Å². The van der Waals surface area contributed by atoms with Gasteiger partial charge in [-0.05, 0) is 0 Å². The zero-order chi connectivity index (χ0) is 9.78. The standard InChI is InChI=1S/C12H25.Sn.H/c1-3-5-7-9-11-12-10-8-6-4-2;;/h1,3-12H2,2H3;;. The molecule has 0 aromatic carbocycles. The monoisotopic (exact) mass is 290 g/mol. The first-order valence-corrected chi connectivity index (χ1v) is 8.45. The van der Waals surface area contributed by atoms with Gasteiger partial charge in [0.05, 0.1) is 0 Å². The van der Waals surface area contributed by atoms with Crippen molar-refractivity contribution < 1.29 is 0 Å². The maximum atomic E-state index is 2.29. The van der Waals surface area contributed by atoms with E-state index in [0.29, 0.717) is 0 Å². The van der Waals surface area contributed by atoms with E-state index in [9.17, 15) is 0 Å². The van der Waals surface area contributed by atoms with E-state index in [-0.39, 0.29) is 0 Å². The molecule has 13 heavy (non-hydrogen) atoms. The summed E-state index contributed by atoms with van der Waals surface area (Å²) in [5.74, 6) is 0. The molecule has 0 atom stereocenters. The van der Waals surface area contributed by atoms with E-state index in [0.717, 1.165) is 0 Å². The van der Waals surface area contributed by atoms with Crippen LogP contribution in [0.1, 0.15) is 71.1 Å². The third-order valence-electron chi connectivity index (χ3n) is 2.56. The predicted molar refractivity (Wildman–Crippen MR) is 63.8 cm³/mol. The van der Waals surface area contributed by atoms with E-state index in [1.54, 1.807) is 0 Å². The first kappa shape index (κ1) is 13.8. The Hall–Kier alpha value is 0.799. The van der Waals surface area contributed by atoms with Crippen molar-refractivity contribution >= 4 is 22.5 Å². The van der Waals surface area contributed by atoms with Gasteiger partial charge in [0.25, 0.3) is 0 Å². The first-order valence-electron chi connectivity index (χ1n) is 6.12. The van der Waals surface area contributed by atoms with Gasteiger partial charge >= 0.3 is 98.1 Å². The van der Waals surface area contributed by atoms with E-state index in [1.807, 2.05) is 0 Å². The van der Waals surface area contributed by atoms with Gasteiger partial charge in [-0.2, -0.15) is 0 Å². The Morgan fingerprint density at radius 2 is 1.00 bits per heavy atom. The van der Waals surface area contributed by atoms with Crippen LogP contribution in [-0.2, 0) is 0 Å². The molecule has 0 heterocycles. The molecule has 78 valence electrons. The summed E-state index contributed by atoms with van der Waals surface area (Å²) in [6.07, 6.45) is 14.7. The number of rotatable bonds is 10. The predicted octanol–water partition coefficient (Wildman–Crippen LogP) is 4.23. The van der Waals surface area contributed by atoms with Gasteiger partial charge in [0.2, 0.25) is 0 Å². The summed E-state index contributed by atoms with van der Waals surface area (Å²) in [5, 5.41) is 0. The van der Waals surface area contributed by atoms with Gasteiger partial charge in [-0.1, -0.05) is 0 Å². The topological polar surface area (TPSA) is 0 Å². The zero-order valence-electron chi connectivity index (χ0n) is 9.36. The SMILES string of the molecule is CCCCCCCCCCC[CH2][SnH]. The third kappa shape index (κ3) is 12.8. The Balaban J connectivity index is 2.76. The summed E-state index contributed by atoms with van der Waals surface area (Å²) in [7, 11) is 0. The second-order valence-electron chi connectivity index (χ2n) is 3.97. The second-order valence-corrected chi connectivity index (χ2v) is 5.62. The van der Waals surface area contributed by atoms with E-state index in [1.165, 1.54) is 91.2 Å². The fourth-order valence-corrected chi connectivity index (χ4v) is 2.46. The Labute approximate surface area is 98.0 Å². The molecule has 0 aromatic rings. The molecule has 0 aromatic heterocycles. The first-order chi connectivity index (χ1) is 6.41. The Morgan fingerprint density at radius 1 is 0.615 bits per heavy atom. The van der Waals surface area contributed by atoms with Crippen molar-refractivity contribution in [2.24, 2.45) is 0 Å². The molecule has 0 bridgehead atoms. The summed E-state index contributed by atoms with van der Waals surface area (Å²) in [6, 6.07) is 0.